The average Bonchev–Trinajstić information content (AvgIpc) is 3.10. The van der Waals surface area contributed by atoms with Crippen molar-refractivity contribution in [3.63, 3.8) is 0 Å². The van der Waals surface area contributed by atoms with E-state index in [9.17, 15) is 14.9 Å². The molecule has 0 aliphatic carbocycles. The standard InChI is InChI=1S/C15H13N3O5S/c1-6-7(2)24-15-12(6)14(19)16-13(17-15)8-3-10-11(23-5-22-10)4-9(8)18(20)21/h3-4,13,17H,5H2,1-2H3,(H,16,19)/t13-/m1/s1. The highest BCUT2D eigenvalue weighted by Gasteiger charge is 2.34. The fourth-order valence-corrected chi connectivity index (χ4v) is 3.95. The first-order valence-corrected chi connectivity index (χ1v) is 8.02. The molecule has 2 aliphatic heterocycles. The Morgan fingerprint density at radius 1 is 1.25 bits per heavy atom. The predicted octanol–water partition coefficient (Wildman–Crippen LogP) is 2.86. The van der Waals surface area contributed by atoms with E-state index < -0.39 is 11.1 Å². The first kappa shape index (κ1) is 14.8. The molecular formula is C15H13N3O5S. The minimum atomic E-state index is -0.711. The van der Waals surface area contributed by atoms with Crippen molar-refractivity contribution in [2.75, 3.05) is 12.1 Å². The van der Waals surface area contributed by atoms with Crippen molar-refractivity contribution in [3.05, 3.63) is 43.8 Å². The summed E-state index contributed by atoms with van der Waals surface area (Å²) < 4.78 is 10.5. The number of hydrogen-bond acceptors (Lipinski definition) is 7. The fraction of sp³-hybridized carbons (Fsp3) is 0.267. The van der Waals surface area contributed by atoms with Crippen molar-refractivity contribution in [2.45, 2.75) is 20.0 Å². The number of nitro groups is 1. The molecule has 4 rings (SSSR count). The molecule has 0 radical (unpaired) electrons. The van der Waals surface area contributed by atoms with Crippen LogP contribution in [0.15, 0.2) is 12.1 Å². The van der Waals surface area contributed by atoms with Crippen LogP contribution in [0.3, 0.4) is 0 Å². The van der Waals surface area contributed by atoms with Crippen LogP contribution in [0.2, 0.25) is 0 Å². The van der Waals surface area contributed by atoms with E-state index in [4.69, 9.17) is 9.47 Å². The SMILES string of the molecule is Cc1sc2c(c1C)C(=O)N[C@@H](c1cc3c(cc1[N+](=O)[O-])OCO3)N2. The van der Waals surface area contributed by atoms with Gasteiger partial charge in [0.2, 0.25) is 6.79 Å². The number of nitro benzene ring substituents is 1. The molecule has 0 bridgehead atoms. The lowest BCUT2D eigenvalue weighted by molar-refractivity contribution is -0.385. The van der Waals surface area contributed by atoms with E-state index in [0.717, 1.165) is 10.4 Å². The molecule has 1 atom stereocenters. The van der Waals surface area contributed by atoms with Gasteiger partial charge in [-0.3, -0.25) is 14.9 Å². The Hall–Kier alpha value is -2.81. The minimum Gasteiger partial charge on any atom is -0.454 e. The molecular weight excluding hydrogens is 334 g/mol. The van der Waals surface area contributed by atoms with Gasteiger partial charge < -0.3 is 20.1 Å². The zero-order valence-corrected chi connectivity index (χ0v) is 13.7. The van der Waals surface area contributed by atoms with E-state index in [1.54, 1.807) is 0 Å². The van der Waals surface area contributed by atoms with Gasteiger partial charge in [-0.2, -0.15) is 0 Å². The summed E-state index contributed by atoms with van der Waals surface area (Å²) in [6, 6.07) is 2.86. The summed E-state index contributed by atoms with van der Waals surface area (Å²) in [4.78, 5) is 24.4. The second kappa shape index (κ2) is 5.10. The van der Waals surface area contributed by atoms with E-state index in [1.165, 1.54) is 23.5 Å². The number of nitrogens with zero attached hydrogens (tertiary/aromatic N) is 1. The lowest BCUT2D eigenvalue weighted by atomic mass is 10.0. The first-order valence-electron chi connectivity index (χ1n) is 7.21. The summed E-state index contributed by atoms with van der Waals surface area (Å²) in [6.45, 7) is 3.84. The molecule has 0 spiro atoms. The van der Waals surface area contributed by atoms with Gasteiger partial charge in [0.1, 0.15) is 11.2 Å². The van der Waals surface area contributed by atoms with Crippen LogP contribution in [0, 0.1) is 24.0 Å². The van der Waals surface area contributed by atoms with E-state index in [2.05, 4.69) is 10.6 Å². The third-order valence-electron chi connectivity index (χ3n) is 4.19. The average molecular weight is 347 g/mol. The minimum absolute atomic E-state index is 0.0217. The van der Waals surface area contributed by atoms with E-state index in [1.807, 2.05) is 13.8 Å². The Balaban J connectivity index is 1.80. The fourth-order valence-electron chi connectivity index (χ4n) is 2.86. The second-order valence-corrected chi connectivity index (χ2v) is 6.78. The number of anilines is 1. The van der Waals surface area contributed by atoms with Crippen LogP contribution in [-0.4, -0.2) is 17.6 Å². The zero-order chi connectivity index (χ0) is 17.0. The van der Waals surface area contributed by atoms with E-state index in [0.29, 0.717) is 27.6 Å². The van der Waals surface area contributed by atoms with Crippen LogP contribution < -0.4 is 20.1 Å². The number of thiophene rings is 1. The Morgan fingerprint density at radius 3 is 2.67 bits per heavy atom. The van der Waals surface area contributed by atoms with Gasteiger partial charge in [-0.25, -0.2) is 0 Å². The van der Waals surface area contributed by atoms with Crippen LogP contribution in [0.5, 0.6) is 11.5 Å². The van der Waals surface area contributed by atoms with Crippen molar-refractivity contribution >= 4 is 27.9 Å². The molecule has 1 aromatic heterocycles. The molecule has 0 fully saturated rings. The number of carbonyl (C=O) groups excluding carboxylic acids is 1. The number of aryl methyl sites for hydroxylation is 1. The topological polar surface area (TPSA) is 103 Å². The molecule has 0 unspecified atom stereocenters. The van der Waals surface area contributed by atoms with Crippen LogP contribution in [0.4, 0.5) is 10.7 Å². The normalized spacial score (nSPS) is 17.9. The summed E-state index contributed by atoms with van der Waals surface area (Å²) >= 11 is 1.46. The number of hydrogen-bond donors (Lipinski definition) is 2. The van der Waals surface area contributed by atoms with Gasteiger partial charge in [-0.1, -0.05) is 0 Å². The summed E-state index contributed by atoms with van der Waals surface area (Å²) in [7, 11) is 0. The molecule has 24 heavy (non-hydrogen) atoms. The second-order valence-electron chi connectivity index (χ2n) is 5.56. The van der Waals surface area contributed by atoms with Crippen LogP contribution >= 0.6 is 11.3 Å². The molecule has 2 N–H and O–H groups in total. The Morgan fingerprint density at radius 2 is 1.96 bits per heavy atom. The number of amides is 1. The molecule has 0 saturated heterocycles. The summed E-state index contributed by atoms with van der Waals surface area (Å²) in [5, 5.41) is 18.1. The molecule has 1 amide bonds. The van der Waals surface area contributed by atoms with Gasteiger partial charge in [0.15, 0.2) is 11.5 Å². The van der Waals surface area contributed by atoms with Gasteiger partial charge in [0.05, 0.1) is 22.1 Å². The summed E-state index contributed by atoms with van der Waals surface area (Å²) in [6.07, 6.45) is -0.711. The molecule has 0 saturated carbocycles. The highest BCUT2D eigenvalue weighted by atomic mass is 32.1. The van der Waals surface area contributed by atoms with Crippen molar-refractivity contribution in [3.8, 4) is 11.5 Å². The third-order valence-corrected chi connectivity index (χ3v) is 5.33. The number of ether oxygens (including phenoxy) is 2. The Kier molecular flexibility index (Phi) is 3.14. The first-order chi connectivity index (χ1) is 11.5. The smallest absolute Gasteiger partial charge is 0.280 e. The van der Waals surface area contributed by atoms with Crippen molar-refractivity contribution < 1.29 is 19.2 Å². The monoisotopic (exact) mass is 347 g/mol. The lowest BCUT2D eigenvalue weighted by Crippen LogP contribution is -2.38. The number of fused-ring (bicyclic) bond motifs is 2. The van der Waals surface area contributed by atoms with Gasteiger partial charge in [-0.05, 0) is 25.5 Å². The zero-order valence-electron chi connectivity index (χ0n) is 12.8. The van der Waals surface area contributed by atoms with Crippen LogP contribution in [-0.2, 0) is 0 Å². The molecule has 124 valence electrons. The molecule has 2 aromatic rings. The summed E-state index contributed by atoms with van der Waals surface area (Å²) in [5.41, 5.74) is 1.70. The molecule has 9 heteroatoms. The van der Waals surface area contributed by atoms with Crippen LogP contribution in [0.1, 0.15) is 32.5 Å². The van der Waals surface area contributed by atoms with Crippen molar-refractivity contribution in [1.29, 1.82) is 0 Å². The number of rotatable bonds is 2. The van der Waals surface area contributed by atoms with Gasteiger partial charge in [0.25, 0.3) is 11.6 Å². The predicted molar refractivity (Wildman–Crippen MR) is 86.8 cm³/mol. The van der Waals surface area contributed by atoms with Gasteiger partial charge in [-0.15, -0.1) is 11.3 Å². The number of nitrogens with one attached hydrogen (secondary N) is 2. The van der Waals surface area contributed by atoms with Crippen molar-refractivity contribution in [2.24, 2.45) is 0 Å². The van der Waals surface area contributed by atoms with Gasteiger partial charge >= 0.3 is 0 Å². The Labute approximate surface area is 140 Å². The van der Waals surface area contributed by atoms with Gasteiger partial charge in [0, 0.05) is 4.88 Å². The highest BCUT2D eigenvalue weighted by molar-refractivity contribution is 7.16. The molecule has 1 aromatic carbocycles. The lowest BCUT2D eigenvalue weighted by Gasteiger charge is -2.26. The highest BCUT2D eigenvalue weighted by Crippen LogP contribution is 2.43. The quantitative estimate of drug-likeness (QED) is 0.640. The maximum atomic E-state index is 12.4. The van der Waals surface area contributed by atoms with Crippen LogP contribution in [0.25, 0.3) is 0 Å². The third kappa shape index (κ3) is 2.08. The number of benzene rings is 1. The van der Waals surface area contributed by atoms with E-state index >= 15 is 0 Å². The van der Waals surface area contributed by atoms with E-state index in [-0.39, 0.29) is 18.4 Å². The maximum Gasteiger partial charge on any atom is 0.280 e. The van der Waals surface area contributed by atoms with Crippen molar-refractivity contribution in [1.82, 2.24) is 5.32 Å². The number of carbonyl (C=O) groups is 1. The molecule has 2 aliphatic rings. The maximum absolute atomic E-state index is 12.4. The molecule has 8 nitrogen and oxygen atoms in total. The Bertz CT molecular complexity index is 892. The summed E-state index contributed by atoms with van der Waals surface area (Å²) in [5.74, 6) is 0.509. The largest absolute Gasteiger partial charge is 0.454 e. The molecule has 3 heterocycles.